The largest absolute Gasteiger partial charge is 0.497 e. The lowest BCUT2D eigenvalue weighted by Crippen LogP contribution is -2.24. The number of carbonyl (C=O) groups is 2. The van der Waals surface area contributed by atoms with Gasteiger partial charge in [0.15, 0.2) is 0 Å². The lowest BCUT2D eigenvalue weighted by Gasteiger charge is -2.12. The summed E-state index contributed by atoms with van der Waals surface area (Å²) in [6.07, 6.45) is 0. The zero-order valence-corrected chi connectivity index (χ0v) is 9.23. The van der Waals surface area contributed by atoms with Gasteiger partial charge in [-0.15, -0.1) is 0 Å². The summed E-state index contributed by atoms with van der Waals surface area (Å²) in [4.78, 5) is 24.5. The predicted molar refractivity (Wildman–Crippen MR) is 57.3 cm³/mol. The van der Waals surface area contributed by atoms with Crippen LogP contribution < -0.4 is 14.4 Å². The van der Waals surface area contributed by atoms with E-state index in [1.165, 1.54) is 19.1 Å². The number of ketones is 1. The van der Waals surface area contributed by atoms with Gasteiger partial charge in [0.2, 0.25) is 0 Å². The summed E-state index contributed by atoms with van der Waals surface area (Å²) in [6, 6.07) is 3.23. The quantitative estimate of drug-likeness (QED) is 0.695. The van der Waals surface area contributed by atoms with Gasteiger partial charge < -0.3 is 14.4 Å². The van der Waals surface area contributed by atoms with Crippen LogP contribution in [0.25, 0.3) is 0 Å². The third kappa shape index (κ3) is 1.25. The van der Waals surface area contributed by atoms with Gasteiger partial charge in [-0.3, -0.25) is 9.59 Å². The first kappa shape index (κ1) is 10.5. The molecule has 1 aliphatic rings. The summed E-state index contributed by atoms with van der Waals surface area (Å²) in [5.74, 6) is -0.194. The topological polar surface area (TPSA) is 55.8 Å². The zero-order valence-electron chi connectivity index (χ0n) is 9.23. The molecule has 0 unspecified atom stereocenters. The van der Waals surface area contributed by atoms with E-state index < -0.39 is 11.7 Å². The highest BCUT2D eigenvalue weighted by Gasteiger charge is 2.36. The number of likely N-dealkylation sites (N-methyl/N-ethyl adjacent to an activating group) is 1. The van der Waals surface area contributed by atoms with Crippen molar-refractivity contribution < 1.29 is 19.1 Å². The molecule has 2 rings (SSSR count). The molecule has 1 aromatic rings. The number of fused-ring (bicyclic) bond motifs is 1. The van der Waals surface area contributed by atoms with Gasteiger partial charge in [0.1, 0.15) is 11.5 Å². The number of hydrogen-bond acceptors (Lipinski definition) is 4. The molecule has 0 aliphatic carbocycles. The standard InChI is InChI=1S/C11H11NO4/c1-12-7-4-6(15-2)5-8(16-3)9(7)10(13)11(12)14/h4-5H,1-3H3. The molecule has 0 spiro atoms. The Bertz CT molecular complexity index is 481. The number of Topliss-reactive ketones (excluding diaryl/α,β-unsaturated/α-hetero) is 1. The second-order valence-electron chi connectivity index (χ2n) is 3.42. The number of ether oxygens (including phenoxy) is 2. The lowest BCUT2D eigenvalue weighted by molar-refractivity contribution is -0.114. The Hall–Kier alpha value is -2.04. The molecule has 1 amide bonds. The van der Waals surface area contributed by atoms with Crippen molar-refractivity contribution in [3.05, 3.63) is 17.7 Å². The van der Waals surface area contributed by atoms with Crippen LogP contribution in [0.3, 0.4) is 0 Å². The molecule has 0 fully saturated rings. The molecule has 5 nitrogen and oxygen atoms in total. The Kier molecular flexibility index (Phi) is 2.30. The van der Waals surface area contributed by atoms with Crippen molar-refractivity contribution in [1.82, 2.24) is 0 Å². The van der Waals surface area contributed by atoms with Crippen LogP contribution in [0.15, 0.2) is 12.1 Å². The normalized spacial score (nSPS) is 14.1. The van der Waals surface area contributed by atoms with E-state index in [0.717, 1.165) is 0 Å². The van der Waals surface area contributed by atoms with E-state index in [2.05, 4.69) is 0 Å². The molecule has 0 saturated carbocycles. The van der Waals surface area contributed by atoms with Crippen molar-refractivity contribution in [2.75, 3.05) is 26.2 Å². The zero-order chi connectivity index (χ0) is 11.9. The molecule has 5 heteroatoms. The second kappa shape index (κ2) is 3.52. The first-order valence-corrected chi connectivity index (χ1v) is 4.68. The highest BCUT2D eigenvalue weighted by molar-refractivity contribution is 6.52. The fourth-order valence-corrected chi connectivity index (χ4v) is 1.72. The molecule has 84 valence electrons. The number of rotatable bonds is 2. The number of carbonyl (C=O) groups excluding carboxylic acids is 2. The summed E-state index contributed by atoms with van der Waals surface area (Å²) in [6.45, 7) is 0. The van der Waals surface area contributed by atoms with Crippen molar-refractivity contribution in [3.63, 3.8) is 0 Å². The fourth-order valence-electron chi connectivity index (χ4n) is 1.72. The van der Waals surface area contributed by atoms with Crippen LogP contribution in [-0.2, 0) is 4.79 Å². The molecule has 0 radical (unpaired) electrons. The van der Waals surface area contributed by atoms with Gasteiger partial charge in [0.05, 0.1) is 25.5 Å². The Morgan fingerprint density at radius 3 is 2.38 bits per heavy atom. The van der Waals surface area contributed by atoms with Gasteiger partial charge in [0.25, 0.3) is 11.7 Å². The molecule has 1 aliphatic heterocycles. The molecule has 0 aromatic heterocycles. The number of amides is 1. The minimum atomic E-state index is -0.554. The Morgan fingerprint density at radius 1 is 1.12 bits per heavy atom. The van der Waals surface area contributed by atoms with E-state index in [1.54, 1.807) is 19.2 Å². The highest BCUT2D eigenvalue weighted by atomic mass is 16.5. The first-order chi connectivity index (χ1) is 7.60. The van der Waals surface area contributed by atoms with Gasteiger partial charge in [-0.1, -0.05) is 0 Å². The van der Waals surface area contributed by atoms with Gasteiger partial charge in [-0.25, -0.2) is 0 Å². The molecule has 0 N–H and O–H groups in total. The maximum atomic E-state index is 11.7. The molecule has 16 heavy (non-hydrogen) atoms. The van der Waals surface area contributed by atoms with Crippen LogP contribution in [0.5, 0.6) is 11.5 Å². The van der Waals surface area contributed by atoms with E-state index in [0.29, 0.717) is 22.7 Å². The highest BCUT2D eigenvalue weighted by Crippen LogP contribution is 2.38. The van der Waals surface area contributed by atoms with Crippen LogP contribution in [0.2, 0.25) is 0 Å². The van der Waals surface area contributed by atoms with Crippen LogP contribution in [0.1, 0.15) is 10.4 Å². The minimum absolute atomic E-state index is 0.302. The van der Waals surface area contributed by atoms with Crippen LogP contribution >= 0.6 is 0 Å². The van der Waals surface area contributed by atoms with Crippen molar-refractivity contribution in [2.24, 2.45) is 0 Å². The predicted octanol–water partition coefficient (Wildman–Crippen LogP) is 0.863. The third-order valence-corrected chi connectivity index (χ3v) is 2.60. The molecule has 0 atom stereocenters. The van der Waals surface area contributed by atoms with Crippen molar-refractivity contribution in [1.29, 1.82) is 0 Å². The fraction of sp³-hybridized carbons (Fsp3) is 0.273. The SMILES string of the molecule is COc1cc(OC)c2c(c1)N(C)C(=O)C2=O. The number of anilines is 1. The van der Waals surface area contributed by atoms with Crippen molar-refractivity contribution >= 4 is 17.4 Å². The van der Waals surface area contributed by atoms with Crippen LogP contribution in [-0.4, -0.2) is 33.0 Å². The van der Waals surface area contributed by atoms with Gasteiger partial charge in [0, 0.05) is 19.2 Å². The molecular formula is C11H11NO4. The smallest absolute Gasteiger partial charge is 0.299 e. The maximum Gasteiger partial charge on any atom is 0.299 e. The summed E-state index contributed by atoms with van der Waals surface area (Å²) >= 11 is 0. The first-order valence-electron chi connectivity index (χ1n) is 4.68. The third-order valence-electron chi connectivity index (χ3n) is 2.60. The lowest BCUT2D eigenvalue weighted by atomic mass is 10.1. The van der Waals surface area contributed by atoms with E-state index in [1.807, 2.05) is 0 Å². The van der Waals surface area contributed by atoms with Gasteiger partial charge in [-0.05, 0) is 0 Å². The summed E-state index contributed by atoms with van der Waals surface area (Å²) in [5, 5.41) is 0. The number of methoxy groups -OCH3 is 2. The summed E-state index contributed by atoms with van der Waals surface area (Å²) in [7, 11) is 4.51. The van der Waals surface area contributed by atoms with Gasteiger partial charge >= 0.3 is 0 Å². The second-order valence-corrected chi connectivity index (χ2v) is 3.42. The molecule has 0 bridgehead atoms. The average molecular weight is 221 g/mol. The number of hydrogen-bond donors (Lipinski definition) is 0. The van der Waals surface area contributed by atoms with Crippen LogP contribution in [0.4, 0.5) is 5.69 Å². The molecular weight excluding hydrogens is 210 g/mol. The van der Waals surface area contributed by atoms with E-state index in [4.69, 9.17) is 9.47 Å². The number of benzene rings is 1. The Balaban J connectivity index is 2.69. The van der Waals surface area contributed by atoms with E-state index in [9.17, 15) is 9.59 Å². The van der Waals surface area contributed by atoms with Crippen molar-refractivity contribution in [2.45, 2.75) is 0 Å². The minimum Gasteiger partial charge on any atom is -0.497 e. The Morgan fingerprint density at radius 2 is 1.81 bits per heavy atom. The Labute approximate surface area is 92.6 Å². The molecule has 1 aromatic carbocycles. The van der Waals surface area contributed by atoms with E-state index in [-0.39, 0.29) is 0 Å². The average Bonchev–Trinajstić information content (AvgIpc) is 2.53. The summed E-state index contributed by atoms with van der Waals surface area (Å²) < 4.78 is 10.2. The number of nitrogens with zero attached hydrogens (tertiary/aromatic N) is 1. The monoisotopic (exact) mass is 221 g/mol. The van der Waals surface area contributed by atoms with Gasteiger partial charge in [-0.2, -0.15) is 0 Å². The summed E-state index contributed by atoms with van der Waals surface area (Å²) in [5.41, 5.74) is 0.821. The van der Waals surface area contributed by atoms with Crippen LogP contribution in [0, 0.1) is 0 Å². The van der Waals surface area contributed by atoms with Crippen molar-refractivity contribution in [3.8, 4) is 11.5 Å². The van der Waals surface area contributed by atoms with E-state index >= 15 is 0 Å². The molecule has 1 heterocycles. The molecule has 0 saturated heterocycles. The maximum absolute atomic E-state index is 11.7.